The molecule has 0 unspecified atom stereocenters. The Morgan fingerprint density at radius 1 is 1.08 bits per heavy atom. The first-order valence-electron chi connectivity index (χ1n) is 8.31. The van der Waals surface area contributed by atoms with Gasteiger partial charge in [0.05, 0.1) is 11.2 Å². The smallest absolute Gasteiger partial charge is 0.264 e. The zero-order valence-corrected chi connectivity index (χ0v) is 15.7. The van der Waals surface area contributed by atoms with Gasteiger partial charge in [-0.15, -0.1) is 0 Å². The Morgan fingerprint density at radius 2 is 1.76 bits per heavy atom. The lowest BCUT2D eigenvalue weighted by Crippen LogP contribution is -2.27. The molecule has 6 heteroatoms. The molecule has 25 heavy (non-hydrogen) atoms. The molecule has 0 atom stereocenters. The molecule has 1 heterocycles. The van der Waals surface area contributed by atoms with Gasteiger partial charge in [-0.3, -0.25) is 4.55 Å². The summed E-state index contributed by atoms with van der Waals surface area (Å²) in [6.45, 7) is 7.39. The maximum atomic E-state index is 10.9. The maximum Gasteiger partial charge on any atom is 0.264 e. The minimum atomic E-state index is -3.87. The van der Waals surface area contributed by atoms with E-state index in [2.05, 4.69) is 61.7 Å². The maximum absolute atomic E-state index is 10.9. The molecule has 0 saturated heterocycles. The first-order chi connectivity index (χ1) is 11.2. The highest BCUT2D eigenvalue weighted by Crippen LogP contribution is 2.43. The fraction of sp³-hybridized carbons (Fsp3) is 0.421. The summed E-state index contributed by atoms with van der Waals surface area (Å²) < 4.78 is 32.9. The molecule has 5 nitrogen and oxygen atoms in total. The van der Waals surface area contributed by atoms with Crippen LogP contribution in [0.4, 0.5) is 5.69 Å². The molecule has 0 radical (unpaired) electrons. The van der Waals surface area contributed by atoms with E-state index in [9.17, 15) is 8.42 Å². The van der Waals surface area contributed by atoms with Crippen LogP contribution in [-0.2, 0) is 15.5 Å². The monoisotopic (exact) mass is 363 g/mol. The Balaban J connectivity index is 0.00000225. The molecule has 3 rings (SSSR count). The van der Waals surface area contributed by atoms with Crippen LogP contribution in [0.5, 0.6) is 0 Å². The van der Waals surface area contributed by atoms with Gasteiger partial charge in [0.2, 0.25) is 5.69 Å². The van der Waals surface area contributed by atoms with E-state index in [4.69, 9.17) is 4.55 Å². The molecule has 0 aromatic heterocycles. The molecule has 0 bridgehead atoms. The molecular weight excluding hydrogens is 338 g/mol. The Bertz CT molecular complexity index is 930. The highest BCUT2D eigenvalue weighted by atomic mass is 32.2. The molecule has 0 aliphatic carbocycles. The Morgan fingerprint density at radius 3 is 2.44 bits per heavy atom. The summed E-state index contributed by atoms with van der Waals surface area (Å²) in [6.07, 6.45) is 1.19. The van der Waals surface area contributed by atoms with Crippen LogP contribution in [0, 0.1) is 0 Å². The van der Waals surface area contributed by atoms with Crippen molar-refractivity contribution in [2.75, 3.05) is 12.3 Å². The van der Waals surface area contributed by atoms with Crippen LogP contribution in [0.1, 0.15) is 39.2 Å². The van der Waals surface area contributed by atoms with Gasteiger partial charge >= 0.3 is 0 Å². The van der Waals surface area contributed by atoms with Crippen molar-refractivity contribution in [2.24, 2.45) is 0 Å². The number of nitrogens with zero attached hydrogens (tertiary/aromatic N) is 1. The fourth-order valence-corrected chi connectivity index (χ4v) is 4.25. The second-order valence-electron chi connectivity index (χ2n) is 7.04. The summed E-state index contributed by atoms with van der Waals surface area (Å²) in [5.74, 6) is -0.173. The van der Waals surface area contributed by atoms with Crippen LogP contribution in [0.3, 0.4) is 0 Å². The van der Waals surface area contributed by atoms with Crippen LogP contribution in [0.25, 0.3) is 10.8 Å². The summed E-state index contributed by atoms with van der Waals surface area (Å²) in [6, 6.07) is 12.7. The van der Waals surface area contributed by atoms with E-state index in [1.807, 2.05) is 0 Å². The van der Waals surface area contributed by atoms with Gasteiger partial charge in [0.25, 0.3) is 10.1 Å². The fourth-order valence-electron chi connectivity index (χ4n) is 3.68. The number of unbranched alkanes of at least 4 members (excludes halogenated alkanes) is 1. The van der Waals surface area contributed by atoms with Gasteiger partial charge in [-0.25, -0.2) is 0 Å². The van der Waals surface area contributed by atoms with E-state index in [1.54, 1.807) is 0 Å². The van der Waals surface area contributed by atoms with Crippen molar-refractivity contribution in [2.45, 2.75) is 39.0 Å². The van der Waals surface area contributed by atoms with E-state index >= 15 is 0 Å². The largest absolute Gasteiger partial charge is 0.870 e. The minimum absolute atomic E-state index is 0. The zero-order valence-electron chi connectivity index (χ0n) is 14.9. The molecule has 2 N–H and O–H groups in total. The molecule has 2 aromatic rings. The van der Waals surface area contributed by atoms with Crippen molar-refractivity contribution in [3.63, 3.8) is 0 Å². The normalized spacial score (nSPS) is 16.0. The lowest BCUT2D eigenvalue weighted by Gasteiger charge is -2.17. The van der Waals surface area contributed by atoms with E-state index < -0.39 is 10.1 Å². The van der Waals surface area contributed by atoms with Gasteiger partial charge in [-0.05, 0) is 37.1 Å². The second kappa shape index (κ2) is 6.86. The summed E-state index contributed by atoms with van der Waals surface area (Å²) in [7, 11) is -3.87. The first-order valence-corrected chi connectivity index (χ1v) is 9.92. The van der Waals surface area contributed by atoms with E-state index in [0.29, 0.717) is 6.42 Å². The van der Waals surface area contributed by atoms with Gasteiger partial charge in [-0.1, -0.05) is 24.3 Å². The third-order valence-corrected chi connectivity index (χ3v) is 5.97. The number of rotatable bonds is 5. The molecule has 136 valence electrons. The molecule has 0 spiro atoms. The predicted octanol–water partition coefficient (Wildman–Crippen LogP) is 3.73. The van der Waals surface area contributed by atoms with Crippen molar-refractivity contribution in [1.29, 1.82) is 0 Å². The van der Waals surface area contributed by atoms with Crippen molar-refractivity contribution in [1.82, 2.24) is 0 Å². The van der Waals surface area contributed by atoms with Crippen molar-refractivity contribution in [3.8, 4) is 0 Å². The van der Waals surface area contributed by atoms with Gasteiger partial charge in [0.1, 0.15) is 6.54 Å². The van der Waals surface area contributed by atoms with Gasteiger partial charge in [-0.2, -0.15) is 13.0 Å². The molecule has 1 aliphatic heterocycles. The van der Waals surface area contributed by atoms with Crippen LogP contribution >= 0.6 is 0 Å². The standard InChI is InChI=1S/C19H23NO3S.H2O/c1-14-19(2,3)18-16-9-5-4-8-15(16)10-11-17(18)20(14)12-6-7-13-24(21,22)23;/h4-5,8-11H,6-7,12-13H2,1-3H3;1H2. The molecule has 0 fully saturated rings. The summed E-state index contributed by atoms with van der Waals surface area (Å²) in [5.41, 5.74) is 3.77. The Kier molecular flexibility index (Phi) is 5.37. The lowest BCUT2D eigenvalue weighted by molar-refractivity contribution is -0.439. The van der Waals surface area contributed by atoms with E-state index in [0.717, 1.165) is 13.0 Å². The van der Waals surface area contributed by atoms with Gasteiger partial charge < -0.3 is 5.48 Å². The van der Waals surface area contributed by atoms with E-state index in [1.165, 1.54) is 27.7 Å². The van der Waals surface area contributed by atoms with Crippen molar-refractivity contribution < 1.29 is 23.0 Å². The number of fused-ring (bicyclic) bond motifs is 3. The van der Waals surface area contributed by atoms with Crippen molar-refractivity contribution >= 4 is 32.3 Å². The van der Waals surface area contributed by atoms with Crippen LogP contribution in [0.15, 0.2) is 36.4 Å². The Labute approximate surface area is 149 Å². The molecule has 0 amide bonds. The van der Waals surface area contributed by atoms with Crippen LogP contribution < -0.4 is 0 Å². The zero-order chi connectivity index (χ0) is 17.5. The number of hydrogen-bond acceptors (Lipinski definition) is 3. The lowest BCUT2D eigenvalue weighted by atomic mass is 9.80. The highest BCUT2D eigenvalue weighted by molar-refractivity contribution is 7.85. The quantitative estimate of drug-likeness (QED) is 0.498. The van der Waals surface area contributed by atoms with Crippen LogP contribution in [-0.4, -0.2) is 41.0 Å². The predicted molar refractivity (Wildman–Crippen MR) is 100 cm³/mol. The third kappa shape index (κ3) is 3.61. The minimum Gasteiger partial charge on any atom is -0.870 e. The Hall–Kier alpha value is -1.76. The third-order valence-electron chi connectivity index (χ3n) is 5.17. The van der Waals surface area contributed by atoms with Crippen molar-refractivity contribution in [3.05, 3.63) is 42.0 Å². The average Bonchev–Trinajstić information content (AvgIpc) is 2.71. The first kappa shape index (κ1) is 19.6. The second-order valence-corrected chi connectivity index (χ2v) is 8.61. The highest BCUT2D eigenvalue weighted by Gasteiger charge is 2.43. The van der Waals surface area contributed by atoms with Gasteiger partial charge in [0, 0.05) is 25.0 Å². The average molecular weight is 363 g/mol. The summed E-state index contributed by atoms with van der Waals surface area (Å²) >= 11 is 0. The van der Waals surface area contributed by atoms with E-state index in [-0.39, 0.29) is 16.6 Å². The van der Waals surface area contributed by atoms with Gasteiger partial charge in [0.15, 0.2) is 5.71 Å². The SMILES string of the molecule is CC1=[N+](CCCCS(=O)(=O)O)c2ccc3ccccc3c2C1(C)C.[OH-]. The summed E-state index contributed by atoms with van der Waals surface area (Å²) in [4.78, 5) is 0. The number of hydrogen-bond donors (Lipinski definition) is 1. The molecular formula is C19H25NO4S. The van der Waals surface area contributed by atoms with Crippen LogP contribution in [0.2, 0.25) is 0 Å². The number of benzene rings is 2. The summed E-state index contributed by atoms with van der Waals surface area (Å²) in [5, 5.41) is 2.52. The topological polar surface area (TPSA) is 87.4 Å². The molecule has 1 aliphatic rings. The molecule has 0 saturated carbocycles. The molecule has 2 aromatic carbocycles.